The third-order valence-corrected chi connectivity index (χ3v) is 4.95. The highest BCUT2D eigenvalue weighted by atomic mass is 16.5. The molecule has 0 unspecified atom stereocenters. The largest absolute Gasteiger partial charge is 0.394 e. The van der Waals surface area contributed by atoms with Gasteiger partial charge in [0, 0.05) is 39.3 Å². The van der Waals surface area contributed by atoms with E-state index in [1.54, 1.807) is 0 Å². The molecule has 0 aromatic heterocycles. The quantitative estimate of drug-likeness (QED) is 0.686. The molecule has 3 rings (SSSR count). The van der Waals surface area contributed by atoms with Crippen molar-refractivity contribution in [3.05, 3.63) is 60.2 Å². The lowest BCUT2D eigenvalue weighted by molar-refractivity contribution is 0.0618. The lowest BCUT2D eigenvalue weighted by Gasteiger charge is -2.34. The van der Waals surface area contributed by atoms with E-state index in [2.05, 4.69) is 46.6 Å². The van der Waals surface area contributed by atoms with Crippen LogP contribution in [0.3, 0.4) is 0 Å². The molecule has 6 nitrogen and oxygen atoms in total. The van der Waals surface area contributed by atoms with Crippen LogP contribution in [0.15, 0.2) is 54.6 Å². The standard InChI is InChI=1S/C22H29N3O3/c26-15-17-28-16-14-24-10-12-25(13-11-24)22(27)23-18-19-6-8-21(9-7-19)20-4-2-1-3-5-20/h1-9,26H,10-18H2,(H,23,27). The van der Waals surface area contributed by atoms with Crippen LogP contribution in [0.1, 0.15) is 5.56 Å². The van der Waals surface area contributed by atoms with E-state index in [9.17, 15) is 4.79 Å². The smallest absolute Gasteiger partial charge is 0.317 e. The molecule has 2 aromatic rings. The number of rotatable bonds is 8. The van der Waals surface area contributed by atoms with Gasteiger partial charge in [-0.3, -0.25) is 4.90 Å². The predicted molar refractivity (Wildman–Crippen MR) is 110 cm³/mol. The van der Waals surface area contributed by atoms with E-state index in [4.69, 9.17) is 9.84 Å². The molecule has 1 heterocycles. The molecule has 1 aliphatic heterocycles. The number of amides is 2. The van der Waals surface area contributed by atoms with Crippen molar-refractivity contribution in [3.8, 4) is 11.1 Å². The van der Waals surface area contributed by atoms with Crippen molar-refractivity contribution >= 4 is 6.03 Å². The molecular weight excluding hydrogens is 354 g/mol. The molecule has 0 saturated carbocycles. The van der Waals surface area contributed by atoms with Crippen molar-refractivity contribution in [1.29, 1.82) is 0 Å². The van der Waals surface area contributed by atoms with Gasteiger partial charge in [0.2, 0.25) is 0 Å². The zero-order valence-electron chi connectivity index (χ0n) is 16.2. The van der Waals surface area contributed by atoms with Crippen molar-refractivity contribution in [2.24, 2.45) is 0 Å². The second-order valence-corrected chi connectivity index (χ2v) is 6.89. The number of benzene rings is 2. The summed E-state index contributed by atoms with van der Waals surface area (Å²) in [6, 6.07) is 18.6. The Morgan fingerprint density at radius 3 is 2.29 bits per heavy atom. The van der Waals surface area contributed by atoms with Crippen LogP contribution >= 0.6 is 0 Å². The van der Waals surface area contributed by atoms with E-state index in [1.165, 1.54) is 11.1 Å². The summed E-state index contributed by atoms with van der Waals surface area (Å²) in [5.41, 5.74) is 3.46. The highest BCUT2D eigenvalue weighted by Crippen LogP contribution is 2.19. The molecule has 2 aromatic carbocycles. The molecule has 0 atom stereocenters. The van der Waals surface area contributed by atoms with Gasteiger partial charge in [0.1, 0.15) is 0 Å². The van der Waals surface area contributed by atoms with E-state index < -0.39 is 0 Å². The normalized spacial score (nSPS) is 14.8. The van der Waals surface area contributed by atoms with E-state index in [-0.39, 0.29) is 12.6 Å². The van der Waals surface area contributed by atoms with Crippen LogP contribution < -0.4 is 5.32 Å². The molecule has 6 heteroatoms. The van der Waals surface area contributed by atoms with E-state index in [1.807, 2.05) is 23.1 Å². The number of piperazine rings is 1. The number of nitrogens with one attached hydrogen (secondary N) is 1. The van der Waals surface area contributed by atoms with Gasteiger partial charge in [-0.2, -0.15) is 0 Å². The monoisotopic (exact) mass is 383 g/mol. The number of ether oxygens (including phenoxy) is 1. The van der Waals surface area contributed by atoms with Gasteiger partial charge >= 0.3 is 6.03 Å². The van der Waals surface area contributed by atoms with Crippen LogP contribution in [0.4, 0.5) is 4.79 Å². The van der Waals surface area contributed by atoms with Crippen molar-refractivity contribution in [2.45, 2.75) is 6.54 Å². The van der Waals surface area contributed by atoms with Gasteiger partial charge < -0.3 is 20.1 Å². The number of carbonyl (C=O) groups is 1. The maximum absolute atomic E-state index is 12.4. The second-order valence-electron chi connectivity index (χ2n) is 6.89. The molecule has 1 saturated heterocycles. The van der Waals surface area contributed by atoms with E-state index in [0.717, 1.165) is 38.3 Å². The molecule has 0 spiro atoms. The average molecular weight is 383 g/mol. The third kappa shape index (κ3) is 6.05. The summed E-state index contributed by atoms with van der Waals surface area (Å²) in [7, 11) is 0. The summed E-state index contributed by atoms with van der Waals surface area (Å²) in [6.07, 6.45) is 0. The summed E-state index contributed by atoms with van der Waals surface area (Å²) in [4.78, 5) is 16.6. The fourth-order valence-corrected chi connectivity index (χ4v) is 3.27. The molecule has 28 heavy (non-hydrogen) atoms. The molecule has 1 aliphatic rings. The minimum absolute atomic E-state index is 0.0108. The minimum Gasteiger partial charge on any atom is -0.394 e. The first-order valence-corrected chi connectivity index (χ1v) is 9.84. The Morgan fingerprint density at radius 2 is 1.61 bits per heavy atom. The molecule has 0 radical (unpaired) electrons. The summed E-state index contributed by atoms with van der Waals surface area (Å²) < 4.78 is 5.30. The Morgan fingerprint density at radius 1 is 0.929 bits per heavy atom. The minimum atomic E-state index is -0.0108. The van der Waals surface area contributed by atoms with Crippen molar-refractivity contribution in [3.63, 3.8) is 0 Å². The fraction of sp³-hybridized carbons (Fsp3) is 0.409. The van der Waals surface area contributed by atoms with Gasteiger partial charge in [-0.1, -0.05) is 54.6 Å². The SMILES string of the molecule is O=C(NCc1ccc(-c2ccccc2)cc1)N1CCN(CCOCCO)CC1. The van der Waals surface area contributed by atoms with Crippen LogP contribution in [0, 0.1) is 0 Å². The molecule has 2 N–H and O–H groups in total. The zero-order chi connectivity index (χ0) is 19.6. The summed E-state index contributed by atoms with van der Waals surface area (Å²) >= 11 is 0. The Hall–Kier alpha value is -2.41. The molecular formula is C22H29N3O3. The average Bonchev–Trinajstić information content (AvgIpc) is 2.76. The maximum atomic E-state index is 12.4. The number of nitrogens with zero attached hydrogens (tertiary/aromatic N) is 2. The first-order chi connectivity index (χ1) is 13.8. The molecule has 150 valence electrons. The topological polar surface area (TPSA) is 65.0 Å². The van der Waals surface area contributed by atoms with Gasteiger partial charge in [-0.15, -0.1) is 0 Å². The highest BCUT2D eigenvalue weighted by molar-refractivity contribution is 5.74. The first kappa shape index (κ1) is 20.3. The number of hydrogen-bond donors (Lipinski definition) is 2. The predicted octanol–water partition coefficient (Wildman–Crippen LogP) is 2.19. The number of hydrogen-bond acceptors (Lipinski definition) is 4. The summed E-state index contributed by atoms with van der Waals surface area (Å²) in [5, 5.41) is 11.7. The number of aliphatic hydroxyl groups excluding tert-OH is 1. The van der Waals surface area contributed by atoms with Crippen molar-refractivity contribution in [1.82, 2.24) is 15.1 Å². The maximum Gasteiger partial charge on any atom is 0.317 e. The van der Waals surface area contributed by atoms with Crippen LogP contribution in [-0.2, 0) is 11.3 Å². The first-order valence-electron chi connectivity index (χ1n) is 9.84. The Bertz CT molecular complexity index is 714. The second kappa shape index (κ2) is 10.8. The number of urea groups is 1. The van der Waals surface area contributed by atoms with Gasteiger partial charge in [0.05, 0.1) is 19.8 Å². The van der Waals surface area contributed by atoms with Gasteiger partial charge in [0.15, 0.2) is 0 Å². The number of aliphatic hydroxyl groups is 1. The Kier molecular flexibility index (Phi) is 7.84. The third-order valence-electron chi connectivity index (χ3n) is 4.95. The van der Waals surface area contributed by atoms with Crippen LogP contribution in [0.2, 0.25) is 0 Å². The van der Waals surface area contributed by atoms with E-state index in [0.29, 0.717) is 19.8 Å². The van der Waals surface area contributed by atoms with Crippen molar-refractivity contribution in [2.75, 3.05) is 52.5 Å². The molecule has 2 amide bonds. The van der Waals surface area contributed by atoms with Crippen LogP contribution in [0.25, 0.3) is 11.1 Å². The molecule has 1 fully saturated rings. The highest BCUT2D eigenvalue weighted by Gasteiger charge is 2.20. The van der Waals surface area contributed by atoms with Crippen LogP contribution in [-0.4, -0.2) is 73.5 Å². The Balaban J connectivity index is 1.39. The lowest BCUT2D eigenvalue weighted by Crippen LogP contribution is -2.52. The van der Waals surface area contributed by atoms with Gasteiger partial charge in [-0.05, 0) is 16.7 Å². The van der Waals surface area contributed by atoms with Crippen LogP contribution in [0.5, 0.6) is 0 Å². The number of carbonyl (C=O) groups excluding carboxylic acids is 1. The molecule has 0 bridgehead atoms. The molecule has 0 aliphatic carbocycles. The van der Waals surface area contributed by atoms with Gasteiger partial charge in [0.25, 0.3) is 0 Å². The zero-order valence-corrected chi connectivity index (χ0v) is 16.2. The summed E-state index contributed by atoms with van der Waals surface area (Å²) in [5.74, 6) is 0. The van der Waals surface area contributed by atoms with Crippen molar-refractivity contribution < 1.29 is 14.6 Å². The van der Waals surface area contributed by atoms with Gasteiger partial charge in [-0.25, -0.2) is 4.79 Å². The fourth-order valence-electron chi connectivity index (χ4n) is 3.27. The lowest BCUT2D eigenvalue weighted by atomic mass is 10.0. The Labute approximate surface area is 166 Å². The summed E-state index contributed by atoms with van der Waals surface area (Å²) in [6.45, 7) is 5.57. The van der Waals surface area contributed by atoms with E-state index >= 15 is 0 Å².